The molecule has 4 heteroatoms. The Labute approximate surface area is 101 Å². The van der Waals surface area contributed by atoms with Gasteiger partial charge in [-0.2, -0.15) is 5.26 Å². The predicted molar refractivity (Wildman–Crippen MR) is 65.3 cm³/mol. The Hall–Kier alpha value is -1.60. The molecule has 0 saturated carbocycles. The van der Waals surface area contributed by atoms with Crippen molar-refractivity contribution in [2.75, 3.05) is 31.5 Å². The molecular weight excluding hydrogens is 217 g/mol. The van der Waals surface area contributed by atoms with E-state index < -0.39 is 0 Å². The Bertz CT molecular complexity index is 419. The summed E-state index contributed by atoms with van der Waals surface area (Å²) in [6.07, 6.45) is 2.55. The average molecular weight is 233 g/mol. The molecule has 0 aliphatic carbocycles. The van der Waals surface area contributed by atoms with E-state index in [4.69, 9.17) is 5.26 Å². The Morgan fingerprint density at radius 3 is 2.76 bits per heavy atom. The van der Waals surface area contributed by atoms with Crippen LogP contribution in [0.2, 0.25) is 0 Å². The summed E-state index contributed by atoms with van der Waals surface area (Å²) < 4.78 is 13.1. The van der Waals surface area contributed by atoms with Crippen molar-refractivity contribution in [1.29, 1.82) is 5.26 Å². The highest BCUT2D eigenvalue weighted by Crippen LogP contribution is 2.13. The van der Waals surface area contributed by atoms with Crippen LogP contribution in [-0.4, -0.2) is 31.1 Å². The molecule has 0 amide bonds. The fourth-order valence-electron chi connectivity index (χ4n) is 2.12. The van der Waals surface area contributed by atoms with Gasteiger partial charge in [0.1, 0.15) is 5.82 Å². The van der Waals surface area contributed by atoms with E-state index in [0.717, 1.165) is 26.2 Å². The van der Waals surface area contributed by atoms with Crippen molar-refractivity contribution in [2.45, 2.75) is 12.8 Å². The number of hydrogen-bond donors (Lipinski definition) is 1. The topological polar surface area (TPSA) is 39.1 Å². The van der Waals surface area contributed by atoms with Gasteiger partial charge in [-0.3, -0.25) is 0 Å². The fourth-order valence-corrected chi connectivity index (χ4v) is 2.12. The monoisotopic (exact) mass is 233 g/mol. The van der Waals surface area contributed by atoms with E-state index in [-0.39, 0.29) is 5.82 Å². The Balaban J connectivity index is 1.85. The number of nitrogens with one attached hydrogen (secondary N) is 1. The molecule has 1 aliphatic rings. The SMILES string of the molecule is N#Cc1cc(F)cc(NCCN2CCCC2)c1. The normalized spacial score (nSPS) is 15.8. The van der Waals surface area contributed by atoms with Crippen molar-refractivity contribution in [1.82, 2.24) is 4.90 Å². The van der Waals surface area contributed by atoms with Gasteiger partial charge in [0.25, 0.3) is 0 Å². The van der Waals surface area contributed by atoms with Gasteiger partial charge in [-0.1, -0.05) is 0 Å². The zero-order chi connectivity index (χ0) is 12.1. The van der Waals surface area contributed by atoms with Crippen molar-refractivity contribution in [3.63, 3.8) is 0 Å². The molecule has 2 rings (SSSR count). The first kappa shape index (κ1) is 11.9. The van der Waals surface area contributed by atoms with Gasteiger partial charge in [-0.05, 0) is 44.1 Å². The van der Waals surface area contributed by atoms with E-state index in [1.807, 2.05) is 6.07 Å². The first-order chi connectivity index (χ1) is 8.28. The lowest BCUT2D eigenvalue weighted by Gasteiger charge is -2.15. The highest BCUT2D eigenvalue weighted by molar-refractivity contribution is 5.49. The van der Waals surface area contributed by atoms with Crippen molar-refractivity contribution in [2.24, 2.45) is 0 Å². The summed E-state index contributed by atoms with van der Waals surface area (Å²) in [4.78, 5) is 2.39. The van der Waals surface area contributed by atoms with Gasteiger partial charge in [0.2, 0.25) is 0 Å². The van der Waals surface area contributed by atoms with Crippen molar-refractivity contribution in [3.05, 3.63) is 29.6 Å². The summed E-state index contributed by atoms with van der Waals surface area (Å²) in [6, 6.07) is 6.29. The number of hydrogen-bond acceptors (Lipinski definition) is 3. The molecule has 0 atom stereocenters. The standard InChI is InChI=1S/C13H16FN3/c14-12-7-11(10-15)8-13(9-12)16-3-6-17-4-1-2-5-17/h7-9,16H,1-6H2. The molecule has 1 saturated heterocycles. The average Bonchev–Trinajstić information content (AvgIpc) is 2.81. The third-order valence-electron chi connectivity index (χ3n) is 2.98. The lowest BCUT2D eigenvalue weighted by Crippen LogP contribution is -2.25. The zero-order valence-corrected chi connectivity index (χ0v) is 9.75. The summed E-state index contributed by atoms with van der Waals surface area (Å²) in [5.74, 6) is -0.368. The number of anilines is 1. The first-order valence-electron chi connectivity index (χ1n) is 5.95. The molecule has 3 nitrogen and oxygen atoms in total. The number of benzene rings is 1. The Morgan fingerprint density at radius 1 is 1.29 bits per heavy atom. The lowest BCUT2D eigenvalue weighted by atomic mass is 10.2. The molecule has 0 aromatic heterocycles. The maximum atomic E-state index is 13.1. The lowest BCUT2D eigenvalue weighted by molar-refractivity contribution is 0.352. The Kier molecular flexibility index (Phi) is 3.94. The molecule has 0 unspecified atom stereocenters. The fraction of sp³-hybridized carbons (Fsp3) is 0.462. The quantitative estimate of drug-likeness (QED) is 0.866. The molecule has 17 heavy (non-hydrogen) atoms. The number of nitrogens with zero attached hydrogens (tertiary/aromatic N) is 2. The Morgan fingerprint density at radius 2 is 2.06 bits per heavy atom. The first-order valence-corrected chi connectivity index (χ1v) is 5.95. The number of halogens is 1. The second kappa shape index (κ2) is 5.65. The predicted octanol–water partition coefficient (Wildman–Crippen LogP) is 2.21. The van der Waals surface area contributed by atoms with Crippen LogP contribution in [0.3, 0.4) is 0 Å². The van der Waals surface area contributed by atoms with Gasteiger partial charge in [-0.15, -0.1) is 0 Å². The summed E-state index contributed by atoms with van der Waals surface area (Å²) in [5, 5.41) is 11.9. The van der Waals surface area contributed by atoms with E-state index in [1.54, 1.807) is 6.07 Å². The van der Waals surface area contributed by atoms with Gasteiger partial charge in [-0.25, -0.2) is 4.39 Å². The molecule has 90 valence electrons. The van der Waals surface area contributed by atoms with E-state index >= 15 is 0 Å². The number of likely N-dealkylation sites (tertiary alicyclic amines) is 1. The molecule has 1 aliphatic heterocycles. The van der Waals surface area contributed by atoms with Crippen molar-refractivity contribution >= 4 is 5.69 Å². The molecule has 1 heterocycles. The largest absolute Gasteiger partial charge is 0.384 e. The van der Waals surface area contributed by atoms with Crippen LogP contribution in [0.4, 0.5) is 10.1 Å². The van der Waals surface area contributed by atoms with E-state index in [1.165, 1.54) is 25.0 Å². The molecule has 0 radical (unpaired) electrons. The van der Waals surface area contributed by atoms with Crippen LogP contribution in [0.5, 0.6) is 0 Å². The minimum Gasteiger partial charge on any atom is -0.384 e. The van der Waals surface area contributed by atoms with Gasteiger partial charge in [0, 0.05) is 18.8 Å². The molecule has 1 aromatic rings. The molecule has 0 bridgehead atoms. The van der Waals surface area contributed by atoms with Crippen LogP contribution in [0, 0.1) is 17.1 Å². The number of nitriles is 1. The minimum absolute atomic E-state index is 0.355. The van der Waals surface area contributed by atoms with Gasteiger partial charge in [0.15, 0.2) is 0 Å². The van der Waals surface area contributed by atoms with Gasteiger partial charge >= 0.3 is 0 Å². The molecule has 0 spiro atoms. The van der Waals surface area contributed by atoms with Crippen molar-refractivity contribution in [3.8, 4) is 6.07 Å². The van der Waals surface area contributed by atoms with E-state index in [0.29, 0.717) is 11.3 Å². The number of rotatable bonds is 4. The third kappa shape index (κ3) is 3.43. The van der Waals surface area contributed by atoms with Gasteiger partial charge < -0.3 is 10.2 Å². The smallest absolute Gasteiger partial charge is 0.126 e. The molecule has 1 N–H and O–H groups in total. The van der Waals surface area contributed by atoms with Crippen LogP contribution >= 0.6 is 0 Å². The van der Waals surface area contributed by atoms with Crippen molar-refractivity contribution < 1.29 is 4.39 Å². The van der Waals surface area contributed by atoms with Gasteiger partial charge in [0.05, 0.1) is 11.6 Å². The molecule has 1 aromatic carbocycles. The third-order valence-corrected chi connectivity index (χ3v) is 2.98. The molecular formula is C13H16FN3. The maximum Gasteiger partial charge on any atom is 0.126 e. The summed E-state index contributed by atoms with van der Waals surface area (Å²) in [6.45, 7) is 4.08. The second-order valence-corrected chi connectivity index (χ2v) is 4.32. The van der Waals surface area contributed by atoms with Crippen LogP contribution in [0.15, 0.2) is 18.2 Å². The summed E-state index contributed by atoms with van der Waals surface area (Å²) >= 11 is 0. The summed E-state index contributed by atoms with van der Waals surface area (Å²) in [5.41, 5.74) is 1.04. The summed E-state index contributed by atoms with van der Waals surface area (Å²) in [7, 11) is 0. The van der Waals surface area contributed by atoms with Crippen LogP contribution in [-0.2, 0) is 0 Å². The molecule has 1 fully saturated rings. The van der Waals surface area contributed by atoms with Crippen LogP contribution < -0.4 is 5.32 Å². The van der Waals surface area contributed by atoms with Crippen LogP contribution in [0.1, 0.15) is 18.4 Å². The zero-order valence-electron chi connectivity index (χ0n) is 9.75. The second-order valence-electron chi connectivity index (χ2n) is 4.32. The van der Waals surface area contributed by atoms with Crippen LogP contribution in [0.25, 0.3) is 0 Å². The highest BCUT2D eigenvalue weighted by atomic mass is 19.1. The minimum atomic E-state index is -0.368. The van der Waals surface area contributed by atoms with E-state index in [9.17, 15) is 4.39 Å². The van der Waals surface area contributed by atoms with E-state index in [2.05, 4.69) is 10.2 Å². The highest BCUT2D eigenvalue weighted by Gasteiger charge is 2.10. The maximum absolute atomic E-state index is 13.1.